The van der Waals surface area contributed by atoms with Gasteiger partial charge in [-0.1, -0.05) is 46.3 Å². The molecule has 3 aromatic rings. The molecule has 3 N–H and O–H groups in total. The second-order valence-electron chi connectivity index (χ2n) is 11.0. The van der Waals surface area contributed by atoms with Gasteiger partial charge in [0.2, 0.25) is 5.79 Å². The minimum Gasteiger partial charge on any atom is -0.506 e. The van der Waals surface area contributed by atoms with E-state index in [0.717, 1.165) is 11.1 Å². The van der Waals surface area contributed by atoms with E-state index in [1.165, 1.54) is 7.11 Å². The van der Waals surface area contributed by atoms with Gasteiger partial charge < -0.3 is 39.0 Å². The molecule has 0 saturated carbocycles. The second-order valence-corrected chi connectivity index (χ2v) is 11.5. The SMILES string of the molecule is COc1c2c(c(O)c3c4c(c(C)cc13)C1OC3(COCc5ccccc5)OC1[C@@](O)(O4)[C@@]3(O)CBr)C(=O)CCC2. The fourth-order valence-electron chi connectivity index (χ4n) is 6.86. The number of benzene rings is 3. The van der Waals surface area contributed by atoms with Crippen LogP contribution in [0.5, 0.6) is 17.2 Å². The van der Waals surface area contributed by atoms with Crippen molar-refractivity contribution in [1.29, 1.82) is 0 Å². The number of phenolic OH excluding ortho intramolecular Hbond substituents is 1. The lowest BCUT2D eigenvalue weighted by Crippen LogP contribution is -2.74. The summed E-state index contributed by atoms with van der Waals surface area (Å²) in [6, 6.07) is 11.4. The van der Waals surface area contributed by atoms with E-state index in [4.69, 9.17) is 23.7 Å². The molecule has 2 fully saturated rings. The number of halogens is 1. The fraction of sp³-hybridized carbons (Fsp3) is 0.433. The van der Waals surface area contributed by atoms with E-state index in [9.17, 15) is 20.1 Å². The van der Waals surface area contributed by atoms with Crippen LogP contribution in [0.15, 0.2) is 36.4 Å². The number of hydrogen-bond acceptors (Lipinski definition) is 9. The van der Waals surface area contributed by atoms with E-state index >= 15 is 0 Å². The Bertz CT molecular complexity index is 1560. The number of Topliss-reactive ketones (excluding diaryl/α,β-unsaturated/α-hetero) is 1. The summed E-state index contributed by atoms with van der Waals surface area (Å²) in [6.07, 6.45) is -0.359. The summed E-state index contributed by atoms with van der Waals surface area (Å²) < 4.78 is 30.8. The maximum absolute atomic E-state index is 13.0. The van der Waals surface area contributed by atoms with Crippen molar-refractivity contribution in [3.05, 3.63) is 64.2 Å². The highest BCUT2D eigenvalue weighted by atomic mass is 79.9. The summed E-state index contributed by atoms with van der Waals surface area (Å²) in [5.41, 5.74) is 1.02. The quantitative estimate of drug-likeness (QED) is 0.355. The highest BCUT2D eigenvalue weighted by molar-refractivity contribution is 9.09. The molecular formula is C30H29BrO9. The summed E-state index contributed by atoms with van der Waals surface area (Å²) in [7, 11) is 1.53. The molecule has 10 heteroatoms. The molecule has 7 rings (SSSR count). The first kappa shape index (κ1) is 26.2. The molecule has 4 aliphatic rings. The van der Waals surface area contributed by atoms with E-state index in [2.05, 4.69) is 15.9 Å². The van der Waals surface area contributed by atoms with Gasteiger partial charge >= 0.3 is 0 Å². The molecule has 0 radical (unpaired) electrons. The standard InChI is InChI=1S/C30H29BrO9/c1-15-11-18-22(23(33)21-17(24(18)36-2)9-6-10-19(21)32)25-20(15)26-27-30(35,39-25)28(34,13-31)29(38-26,40-27)14-37-12-16-7-4-3-5-8-16/h3-5,7-8,11,26-27,33-35H,6,9-10,12-14H2,1-2H3/t26?,27?,28-,29?,30-/m1/s1. The lowest BCUT2D eigenvalue weighted by atomic mass is 9.77. The molecule has 3 aromatic carbocycles. The molecule has 210 valence electrons. The highest BCUT2D eigenvalue weighted by Crippen LogP contribution is 2.65. The average Bonchev–Trinajstić information content (AvgIpc) is 3.42. The third-order valence-corrected chi connectivity index (χ3v) is 9.60. The van der Waals surface area contributed by atoms with E-state index in [1.54, 1.807) is 0 Å². The van der Waals surface area contributed by atoms with Crippen LogP contribution in [0, 0.1) is 6.92 Å². The molecule has 0 amide bonds. The summed E-state index contributed by atoms with van der Waals surface area (Å²) in [5.74, 6) is -3.80. The smallest absolute Gasteiger partial charge is 0.273 e. The van der Waals surface area contributed by atoms with E-state index in [-0.39, 0.29) is 46.8 Å². The van der Waals surface area contributed by atoms with Crippen molar-refractivity contribution in [2.45, 2.75) is 62.2 Å². The van der Waals surface area contributed by atoms with E-state index in [0.29, 0.717) is 41.5 Å². The number of aryl methyl sites for hydroxylation is 1. The third kappa shape index (κ3) is 3.17. The summed E-state index contributed by atoms with van der Waals surface area (Å²) >= 11 is 3.35. The molecule has 40 heavy (non-hydrogen) atoms. The third-order valence-electron chi connectivity index (χ3n) is 8.79. The largest absolute Gasteiger partial charge is 0.506 e. The first-order valence-electron chi connectivity index (χ1n) is 13.3. The molecule has 0 aromatic heterocycles. The average molecular weight is 613 g/mol. The zero-order valence-corrected chi connectivity index (χ0v) is 23.6. The summed E-state index contributed by atoms with van der Waals surface area (Å²) in [4.78, 5) is 13.0. The number of carbonyl (C=O) groups is 1. The van der Waals surface area contributed by atoms with Crippen LogP contribution in [0.2, 0.25) is 0 Å². The van der Waals surface area contributed by atoms with Gasteiger partial charge in [-0.05, 0) is 37.0 Å². The number of aliphatic hydroxyl groups is 2. The number of alkyl halides is 1. The Balaban J connectivity index is 1.38. The monoisotopic (exact) mass is 612 g/mol. The Kier molecular flexibility index (Phi) is 5.82. The Hall–Kier alpha value is -2.73. The van der Waals surface area contributed by atoms with Gasteiger partial charge in [0.25, 0.3) is 5.79 Å². The van der Waals surface area contributed by atoms with Crippen molar-refractivity contribution in [2.24, 2.45) is 0 Å². The fourth-order valence-corrected chi connectivity index (χ4v) is 7.69. The van der Waals surface area contributed by atoms with Crippen LogP contribution in [0.25, 0.3) is 10.8 Å². The lowest BCUT2D eigenvalue weighted by Gasteiger charge is -2.51. The number of phenols is 1. The van der Waals surface area contributed by atoms with Crippen LogP contribution in [-0.2, 0) is 27.2 Å². The maximum atomic E-state index is 13.0. The molecular weight excluding hydrogens is 584 g/mol. The molecule has 3 aliphatic heterocycles. The van der Waals surface area contributed by atoms with Crippen molar-refractivity contribution in [2.75, 3.05) is 19.0 Å². The Morgan fingerprint density at radius 1 is 1.15 bits per heavy atom. The molecule has 3 heterocycles. The van der Waals surface area contributed by atoms with Crippen LogP contribution in [0.1, 0.15) is 51.6 Å². The second kappa shape index (κ2) is 8.88. The molecule has 3 unspecified atom stereocenters. The van der Waals surface area contributed by atoms with Gasteiger partial charge in [0.05, 0.1) is 24.7 Å². The number of aromatic hydroxyl groups is 1. The number of hydrogen-bond donors (Lipinski definition) is 3. The van der Waals surface area contributed by atoms with E-state index < -0.39 is 29.4 Å². The zero-order chi connectivity index (χ0) is 28.0. The molecule has 2 bridgehead atoms. The van der Waals surface area contributed by atoms with Gasteiger partial charge in [-0.25, -0.2) is 0 Å². The molecule has 2 saturated heterocycles. The van der Waals surface area contributed by atoms with Gasteiger partial charge in [0.15, 0.2) is 17.5 Å². The number of ether oxygens (including phenoxy) is 5. The number of ketones is 1. The maximum Gasteiger partial charge on any atom is 0.273 e. The lowest BCUT2D eigenvalue weighted by molar-refractivity contribution is -0.346. The summed E-state index contributed by atoms with van der Waals surface area (Å²) in [5, 5.41) is 36.2. The normalized spacial score (nSPS) is 31.7. The minimum atomic E-state index is -2.26. The predicted molar refractivity (Wildman–Crippen MR) is 146 cm³/mol. The minimum absolute atomic E-state index is 0.124. The van der Waals surface area contributed by atoms with Gasteiger partial charge in [-0.3, -0.25) is 4.79 Å². The van der Waals surface area contributed by atoms with Crippen molar-refractivity contribution in [1.82, 2.24) is 0 Å². The first-order chi connectivity index (χ1) is 19.2. The Morgan fingerprint density at radius 2 is 1.93 bits per heavy atom. The van der Waals surface area contributed by atoms with Gasteiger partial charge in [0.1, 0.15) is 30.0 Å². The Morgan fingerprint density at radius 3 is 2.65 bits per heavy atom. The topological polar surface area (TPSA) is 124 Å². The van der Waals surface area contributed by atoms with E-state index in [1.807, 2.05) is 43.3 Å². The summed E-state index contributed by atoms with van der Waals surface area (Å²) in [6.45, 7) is 1.94. The van der Waals surface area contributed by atoms with Crippen LogP contribution >= 0.6 is 15.9 Å². The zero-order valence-electron chi connectivity index (χ0n) is 22.0. The van der Waals surface area contributed by atoms with Gasteiger partial charge in [-0.15, -0.1) is 0 Å². The van der Waals surface area contributed by atoms with Crippen LogP contribution < -0.4 is 9.47 Å². The van der Waals surface area contributed by atoms with Crippen molar-refractivity contribution in [3.63, 3.8) is 0 Å². The van der Waals surface area contributed by atoms with Crippen LogP contribution in [0.3, 0.4) is 0 Å². The van der Waals surface area contributed by atoms with Crippen LogP contribution in [-0.4, -0.2) is 63.4 Å². The first-order valence-corrected chi connectivity index (χ1v) is 14.4. The molecule has 1 aliphatic carbocycles. The number of fused-ring (bicyclic) bond motifs is 6. The Labute approximate surface area is 238 Å². The van der Waals surface area contributed by atoms with Crippen molar-refractivity contribution >= 4 is 32.5 Å². The van der Waals surface area contributed by atoms with Crippen molar-refractivity contribution < 1.29 is 43.8 Å². The van der Waals surface area contributed by atoms with Crippen LogP contribution in [0.4, 0.5) is 0 Å². The highest BCUT2D eigenvalue weighted by Gasteiger charge is 2.84. The predicted octanol–water partition coefficient (Wildman–Crippen LogP) is 3.97. The number of rotatable bonds is 6. The van der Waals surface area contributed by atoms with Gasteiger partial charge in [0, 0.05) is 28.3 Å². The number of carbonyl (C=O) groups excluding carboxylic acids is 1. The number of methoxy groups -OCH3 is 1. The van der Waals surface area contributed by atoms with Gasteiger partial charge in [-0.2, -0.15) is 0 Å². The molecule has 9 nitrogen and oxygen atoms in total. The molecule has 5 atom stereocenters. The molecule has 0 spiro atoms. The van der Waals surface area contributed by atoms with Crippen molar-refractivity contribution in [3.8, 4) is 17.2 Å².